The van der Waals surface area contributed by atoms with E-state index in [4.69, 9.17) is 11.6 Å². The van der Waals surface area contributed by atoms with Crippen LogP contribution in [0, 0.1) is 11.3 Å². The van der Waals surface area contributed by atoms with Crippen LogP contribution in [-0.2, 0) is 4.79 Å². The molecule has 0 radical (unpaired) electrons. The van der Waals surface area contributed by atoms with E-state index in [1.54, 1.807) is 0 Å². The Morgan fingerprint density at radius 3 is 2.62 bits per heavy atom. The Morgan fingerprint density at radius 2 is 1.92 bits per heavy atom. The number of hydrogen-bond donors (Lipinski definition) is 2. The first-order valence-electron chi connectivity index (χ1n) is 8.43. The number of hydrazone groups is 1. The highest BCUT2D eigenvalue weighted by atomic mass is 35.5. The minimum atomic E-state index is -0.101. The van der Waals surface area contributed by atoms with Crippen LogP contribution >= 0.6 is 11.6 Å². The van der Waals surface area contributed by atoms with Gasteiger partial charge in [-0.3, -0.25) is 15.5 Å². The second-order valence-corrected chi connectivity index (χ2v) is 8.31. The first-order valence-corrected chi connectivity index (χ1v) is 8.81. The van der Waals surface area contributed by atoms with Crippen molar-refractivity contribution in [2.75, 3.05) is 0 Å². The van der Waals surface area contributed by atoms with Crippen LogP contribution in [0.5, 0.6) is 0 Å². The number of fused-ring (bicyclic) bond motifs is 2. The summed E-state index contributed by atoms with van der Waals surface area (Å²) in [6.45, 7) is 6.40. The van der Waals surface area contributed by atoms with Gasteiger partial charge in [0.1, 0.15) is 6.17 Å². The third kappa shape index (κ3) is 2.49. The molecule has 1 aromatic carbocycles. The van der Waals surface area contributed by atoms with Crippen molar-refractivity contribution in [1.82, 2.24) is 10.7 Å². The van der Waals surface area contributed by atoms with Gasteiger partial charge in [-0.25, -0.2) is 0 Å². The maximum absolute atomic E-state index is 13.0. The third-order valence-corrected chi connectivity index (χ3v) is 5.58. The highest BCUT2D eigenvalue weighted by Crippen LogP contribution is 2.47. The zero-order valence-corrected chi connectivity index (χ0v) is 14.9. The average molecular weight is 344 g/mol. The Labute approximate surface area is 147 Å². The quantitative estimate of drug-likeness (QED) is 0.819. The van der Waals surface area contributed by atoms with Crippen molar-refractivity contribution in [2.24, 2.45) is 16.4 Å². The summed E-state index contributed by atoms with van der Waals surface area (Å²) in [5.41, 5.74) is 7.53. The first-order chi connectivity index (χ1) is 11.4. The lowest BCUT2D eigenvalue weighted by Gasteiger charge is -2.43. The smallest absolute Gasteiger partial charge is 0.161 e. The van der Waals surface area contributed by atoms with Crippen LogP contribution < -0.4 is 10.7 Å². The number of ketones is 1. The molecule has 1 aliphatic carbocycles. The molecule has 2 aliphatic heterocycles. The molecule has 3 aliphatic rings. The first kappa shape index (κ1) is 15.9. The summed E-state index contributed by atoms with van der Waals surface area (Å²) < 4.78 is 0. The Morgan fingerprint density at radius 1 is 1.21 bits per heavy atom. The molecule has 5 heteroatoms. The number of nitrogens with zero attached hydrogens (tertiary/aromatic N) is 1. The van der Waals surface area contributed by atoms with Crippen molar-refractivity contribution in [1.29, 1.82) is 0 Å². The molecular weight excluding hydrogens is 322 g/mol. The number of halogens is 1. The van der Waals surface area contributed by atoms with Gasteiger partial charge in [-0.15, -0.1) is 0 Å². The van der Waals surface area contributed by atoms with E-state index in [9.17, 15) is 4.79 Å². The molecule has 0 saturated carbocycles. The van der Waals surface area contributed by atoms with Crippen molar-refractivity contribution in [3.05, 3.63) is 46.0 Å². The van der Waals surface area contributed by atoms with E-state index < -0.39 is 0 Å². The summed E-state index contributed by atoms with van der Waals surface area (Å²) >= 11 is 6.03. The number of hydrogen-bond acceptors (Lipinski definition) is 4. The van der Waals surface area contributed by atoms with Gasteiger partial charge in [0.25, 0.3) is 0 Å². The maximum Gasteiger partial charge on any atom is 0.161 e. The van der Waals surface area contributed by atoms with E-state index in [0.29, 0.717) is 11.4 Å². The van der Waals surface area contributed by atoms with E-state index in [0.717, 1.165) is 23.3 Å². The molecule has 1 aromatic rings. The van der Waals surface area contributed by atoms with Gasteiger partial charge in [0.15, 0.2) is 5.78 Å². The highest BCUT2D eigenvalue weighted by Gasteiger charge is 2.47. The van der Waals surface area contributed by atoms with Gasteiger partial charge >= 0.3 is 0 Å². The SMILES string of the molecule is CC1=NN[C@@H]2N[C@@H](c3ccc(Cl)cc3)C3=C(CC(C)(C)CC3=O)[C@@H]12. The van der Waals surface area contributed by atoms with Crippen LogP contribution in [0.3, 0.4) is 0 Å². The highest BCUT2D eigenvalue weighted by molar-refractivity contribution is 6.30. The molecule has 24 heavy (non-hydrogen) atoms. The van der Waals surface area contributed by atoms with Gasteiger partial charge in [0, 0.05) is 22.7 Å². The summed E-state index contributed by atoms with van der Waals surface area (Å²) in [6, 6.07) is 7.66. The monoisotopic (exact) mass is 343 g/mol. The lowest BCUT2D eigenvalue weighted by Crippen LogP contribution is -2.52. The lowest BCUT2D eigenvalue weighted by atomic mass is 9.66. The molecular formula is C19H22ClN3O. The average Bonchev–Trinajstić information content (AvgIpc) is 2.87. The summed E-state index contributed by atoms with van der Waals surface area (Å²) in [6.07, 6.45) is 1.58. The number of rotatable bonds is 1. The maximum atomic E-state index is 13.0. The molecule has 0 spiro atoms. The van der Waals surface area contributed by atoms with Crippen molar-refractivity contribution < 1.29 is 4.79 Å². The van der Waals surface area contributed by atoms with Crippen LogP contribution in [0.15, 0.2) is 40.5 Å². The molecule has 0 aromatic heterocycles. The summed E-state index contributed by atoms with van der Waals surface area (Å²) in [7, 11) is 0. The van der Waals surface area contributed by atoms with E-state index in [-0.39, 0.29) is 29.3 Å². The number of Topliss-reactive ketones (excluding diaryl/α,β-unsaturated/α-hetero) is 1. The topological polar surface area (TPSA) is 53.5 Å². The Kier molecular flexibility index (Phi) is 3.59. The van der Waals surface area contributed by atoms with E-state index in [2.05, 4.69) is 29.7 Å². The number of benzene rings is 1. The lowest BCUT2D eigenvalue weighted by molar-refractivity contribution is -0.118. The summed E-state index contributed by atoms with van der Waals surface area (Å²) in [5, 5.41) is 8.72. The molecule has 4 rings (SSSR count). The Hall–Kier alpha value is -1.65. The second-order valence-electron chi connectivity index (χ2n) is 7.87. The molecule has 0 fully saturated rings. The van der Waals surface area contributed by atoms with Gasteiger partial charge in [-0.05, 0) is 42.0 Å². The van der Waals surface area contributed by atoms with Crippen LogP contribution in [-0.4, -0.2) is 17.7 Å². The van der Waals surface area contributed by atoms with Crippen molar-refractivity contribution in [3.63, 3.8) is 0 Å². The zero-order valence-electron chi connectivity index (χ0n) is 14.2. The normalized spacial score (nSPS) is 31.2. The fourth-order valence-corrected chi connectivity index (χ4v) is 4.46. The van der Waals surface area contributed by atoms with Gasteiger partial charge in [-0.1, -0.05) is 37.6 Å². The van der Waals surface area contributed by atoms with Gasteiger partial charge < -0.3 is 0 Å². The molecule has 0 amide bonds. The number of carbonyl (C=O) groups excluding carboxylic acids is 1. The molecule has 0 bridgehead atoms. The van der Waals surface area contributed by atoms with E-state index >= 15 is 0 Å². The molecule has 3 atom stereocenters. The molecule has 4 nitrogen and oxygen atoms in total. The van der Waals surface area contributed by atoms with Crippen LogP contribution in [0.25, 0.3) is 0 Å². The molecule has 2 heterocycles. The van der Waals surface area contributed by atoms with Crippen LogP contribution in [0.4, 0.5) is 0 Å². The van der Waals surface area contributed by atoms with Gasteiger partial charge in [-0.2, -0.15) is 5.10 Å². The Bertz CT molecular complexity index is 763. The third-order valence-electron chi connectivity index (χ3n) is 5.33. The standard InChI is InChI=1S/C19H22ClN3O/c1-10-15-13-8-19(2,3)9-14(24)16(13)17(21-18(15)23-22-10)11-4-6-12(20)7-5-11/h4-7,15,17-18,21,23H,8-9H2,1-3H3/t15-,17+,18+/m1/s1. The predicted octanol–water partition coefficient (Wildman–Crippen LogP) is 3.59. The number of nitrogens with one attached hydrogen (secondary N) is 2. The minimum Gasteiger partial charge on any atom is -0.294 e. The largest absolute Gasteiger partial charge is 0.294 e. The predicted molar refractivity (Wildman–Crippen MR) is 95.9 cm³/mol. The minimum absolute atomic E-state index is 0.00518. The van der Waals surface area contributed by atoms with E-state index in [1.807, 2.05) is 31.2 Å². The second kappa shape index (κ2) is 5.43. The molecule has 2 N–H and O–H groups in total. The van der Waals surface area contributed by atoms with Crippen LogP contribution in [0.1, 0.15) is 45.2 Å². The molecule has 0 saturated heterocycles. The van der Waals surface area contributed by atoms with Gasteiger partial charge in [0.05, 0.1) is 12.0 Å². The van der Waals surface area contributed by atoms with Crippen LogP contribution in [0.2, 0.25) is 5.02 Å². The van der Waals surface area contributed by atoms with E-state index in [1.165, 1.54) is 5.57 Å². The van der Waals surface area contributed by atoms with Crippen molar-refractivity contribution in [3.8, 4) is 0 Å². The van der Waals surface area contributed by atoms with Crippen molar-refractivity contribution >= 4 is 23.1 Å². The zero-order chi connectivity index (χ0) is 17.1. The van der Waals surface area contributed by atoms with Crippen molar-refractivity contribution in [2.45, 2.75) is 45.8 Å². The number of carbonyl (C=O) groups is 1. The fraction of sp³-hybridized carbons (Fsp3) is 0.474. The summed E-state index contributed by atoms with van der Waals surface area (Å²) in [4.78, 5) is 13.0. The Balaban J connectivity index is 1.85. The summed E-state index contributed by atoms with van der Waals surface area (Å²) in [5.74, 6) is 0.430. The fourth-order valence-electron chi connectivity index (χ4n) is 4.33. The van der Waals surface area contributed by atoms with Gasteiger partial charge in [0.2, 0.25) is 0 Å². The molecule has 0 unspecified atom stereocenters. The molecule has 126 valence electrons.